The summed E-state index contributed by atoms with van der Waals surface area (Å²) in [6.45, 7) is 13.3. The highest BCUT2D eigenvalue weighted by molar-refractivity contribution is 9.10. The molecule has 0 aliphatic carbocycles. The zero-order valence-corrected chi connectivity index (χ0v) is 26.6. The molecule has 42 heavy (non-hydrogen) atoms. The Morgan fingerprint density at radius 2 is 0.929 bits per heavy atom. The molecular weight excluding hydrogens is 582 g/mol. The molecule has 0 atom stereocenters. The van der Waals surface area contributed by atoms with Gasteiger partial charge in [-0.05, 0) is 51.0 Å². The van der Waals surface area contributed by atoms with Crippen LogP contribution in [-0.4, -0.2) is 0 Å². The molecule has 0 unspecified atom stereocenters. The van der Waals surface area contributed by atoms with E-state index in [-0.39, 0.29) is 10.8 Å². The van der Waals surface area contributed by atoms with Crippen molar-refractivity contribution >= 4 is 71.2 Å². The smallest absolute Gasteiger partial charge is 0.158 e. The first kappa shape index (κ1) is 28.1. The Hall–Kier alpha value is -4.02. The van der Waals surface area contributed by atoms with E-state index in [1.165, 1.54) is 27.3 Å². The molecular formula is C38H36BrNO2. The van der Waals surface area contributed by atoms with Crippen molar-refractivity contribution in [2.75, 3.05) is 5.32 Å². The first-order chi connectivity index (χ1) is 20.0. The van der Waals surface area contributed by atoms with Crippen LogP contribution >= 0.6 is 15.9 Å². The minimum absolute atomic E-state index is 0.0421. The average Bonchev–Trinajstić information content (AvgIpc) is 3.53. The first-order valence-electron chi connectivity index (χ1n) is 14.4. The van der Waals surface area contributed by atoms with Crippen molar-refractivity contribution in [3.05, 3.63) is 119 Å². The van der Waals surface area contributed by atoms with Crippen LogP contribution in [0.4, 0.5) is 11.4 Å². The van der Waals surface area contributed by atoms with Crippen molar-refractivity contribution in [1.29, 1.82) is 0 Å². The van der Waals surface area contributed by atoms with Crippen LogP contribution in [0.25, 0.3) is 43.9 Å². The normalized spacial score (nSPS) is 12.2. The topological polar surface area (TPSA) is 38.3 Å². The summed E-state index contributed by atoms with van der Waals surface area (Å²) in [5.41, 5.74) is 8.51. The molecule has 212 valence electrons. The lowest BCUT2D eigenvalue weighted by Gasteiger charge is -2.18. The van der Waals surface area contributed by atoms with Gasteiger partial charge < -0.3 is 14.2 Å². The Bertz CT molecular complexity index is 2040. The van der Waals surface area contributed by atoms with Crippen molar-refractivity contribution in [1.82, 2.24) is 0 Å². The fraction of sp³-hybridized carbons (Fsp3) is 0.211. The van der Waals surface area contributed by atoms with E-state index in [0.29, 0.717) is 0 Å². The van der Waals surface area contributed by atoms with Crippen molar-refractivity contribution in [2.24, 2.45) is 0 Å². The van der Waals surface area contributed by atoms with Crippen LogP contribution in [0.1, 0.15) is 52.7 Å². The molecule has 3 nitrogen and oxygen atoms in total. The Kier molecular flexibility index (Phi) is 7.14. The summed E-state index contributed by atoms with van der Waals surface area (Å²) in [6, 6.07) is 35.4. The van der Waals surface area contributed by atoms with Crippen molar-refractivity contribution in [3.8, 4) is 0 Å². The molecule has 0 spiro atoms. The van der Waals surface area contributed by atoms with Gasteiger partial charge in [0.05, 0.1) is 10.2 Å². The van der Waals surface area contributed by atoms with Crippen LogP contribution in [0.3, 0.4) is 0 Å². The molecule has 0 saturated carbocycles. The monoisotopic (exact) mass is 617 g/mol. The number of para-hydroxylation sites is 5. The van der Waals surface area contributed by atoms with Crippen LogP contribution in [0.5, 0.6) is 0 Å². The van der Waals surface area contributed by atoms with E-state index in [2.05, 4.69) is 136 Å². The first-order valence-corrected chi connectivity index (χ1v) is 15.2. The van der Waals surface area contributed by atoms with Gasteiger partial charge in [-0.15, -0.1) is 0 Å². The molecule has 7 aromatic rings. The molecule has 0 amide bonds. The van der Waals surface area contributed by atoms with Crippen molar-refractivity contribution < 1.29 is 8.83 Å². The minimum atomic E-state index is 0.0421. The predicted molar refractivity (Wildman–Crippen MR) is 182 cm³/mol. The number of furan rings is 2. The average molecular weight is 619 g/mol. The van der Waals surface area contributed by atoms with Gasteiger partial charge in [-0.3, -0.25) is 0 Å². The number of rotatable bonds is 2. The summed E-state index contributed by atoms with van der Waals surface area (Å²) in [7, 11) is 0. The summed E-state index contributed by atoms with van der Waals surface area (Å²) >= 11 is 3.56. The third-order valence-electron chi connectivity index (χ3n) is 7.67. The number of anilines is 2. The lowest BCUT2D eigenvalue weighted by molar-refractivity contribution is 0.572. The van der Waals surface area contributed by atoms with Gasteiger partial charge in [-0.25, -0.2) is 0 Å². The summed E-state index contributed by atoms with van der Waals surface area (Å²) in [5.74, 6) is 0. The van der Waals surface area contributed by atoms with Gasteiger partial charge in [0.1, 0.15) is 16.7 Å². The minimum Gasteiger partial charge on any atom is -0.455 e. The molecule has 0 fully saturated rings. The van der Waals surface area contributed by atoms with E-state index in [0.717, 1.165) is 43.6 Å². The van der Waals surface area contributed by atoms with Gasteiger partial charge in [-0.1, -0.05) is 120 Å². The second-order valence-corrected chi connectivity index (χ2v) is 13.7. The summed E-state index contributed by atoms with van der Waals surface area (Å²) < 4.78 is 13.5. The van der Waals surface area contributed by atoms with Crippen LogP contribution in [-0.2, 0) is 10.8 Å². The molecule has 0 aliphatic rings. The SMILES string of the molecule is CC(C)(C)c1cccc2c1oc1c(Br)cccc12.CC(C)(C)c1cccc2c1oc1c(Nc3ccccc3)cccc12. The predicted octanol–water partition coefficient (Wildman–Crippen LogP) is 12.3. The van der Waals surface area contributed by atoms with Gasteiger partial charge in [0, 0.05) is 38.4 Å². The number of halogens is 1. The highest BCUT2D eigenvalue weighted by atomic mass is 79.9. The number of hydrogen-bond donors (Lipinski definition) is 1. The van der Waals surface area contributed by atoms with E-state index < -0.39 is 0 Å². The van der Waals surface area contributed by atoms with Gasteiger partial charge in [0.15, 0.2) is 5.58 Å². The van der Waals surface area contributed by atoms with E-state index >= 15 is 0 Å². The summed E-state index contributed by atoms with van der Waals surface area (Å²) in [6.07, 6.45) is 0. The molecule has 0 bridgehead atoms. The van der Waals surface area contributed by atoms with E-state index in [4.69, 9.17) is 8.83 Å². The molecule has 0 aliphatic heterocycles. The third-order valence-corrected chi connectivity index (χ3v) is 8.29. The zero-order valence-electron chi connectivity index (χ0n) is 25.0. The summed E-state index contributed by atoms with van der Waals surface area (Å²) in [4.78, 5) is 0. The molecule has 0 saturated heterocycles. The molecule has 2 heterocycles. The quantitative estimate of drug-likeness (QED) is 0.210. The third kappa shape index (κ3) is 5.20. The maximum Gasteiger partial charge on any atom is 0.158 e. The molecule has 4 heteroatoms. The zero-order chi connectivity index (χ0) is 29.6. The lowest BCUT2D eigenvalue weighted by atomic mass is 9.86. The molecule has 7 rings (SSSR count). The summed E-state index contributed by atoms with van der Waals surface area (Å²) in [5, 5.41) is 8.16. The number of benzene rings is 5. The number of hydrogen-bond acceptors (Lipinski definition) is 3. The molecule has 5 aromatic carbocycles. The standard InChI is InChI=1S/C22H21NO.C16H15BrO/c1-22(2,3)18-13-7-11-16-17-12-8-14-19(21(17)24-20(16)18)23-15-9-5-4-6-10-15;1-16(2,3)12-8-4-6-10-11-7-5-9-13(17)15(11)18-14(10)12/h4-14,23H,1-3H3;4-9H,1-3H3. The van der Waals surface area contributed by atoms with E-state index in [1.807, 2.05) is 30.3 Å². The second kappa shape index (κ2) is 10.7. The van der Waals surface area contributed by atoms with Crippen molar-refractivity contribution in [3.63, 3.8) is 0 Å². The van der Waals surface area contributed by atoms with E-state index in [1.54, 1.807) is 0 Å². The van der Waals surface area contributed by atoms with Gasteiger partial charge in [0.2, 0.25) is 0 Å². The van der Waals surface area contributed by atoms with Crippen LogP contribution < -0.4 is 5.32 Å². The Labute approximate surface area is 255 Å². The maximum atomic E-state index is 6.35. The van der Waals surface area contributed by atoms with Crippen LogP contribution in [0.15, 0.2) is 116 Å². The Morgan fingerprint density at radius 1 is 0.476 bits per heavy atom. The van der Waals surface area contributed by atoms with E-state index in [9.17, 15) is 0 Å². The lowest BCUT2D eigenvalue weighted by Crippen LogP contribution is -2.10. The Morgan fingerprint density at radius 3 is 1.48 bits per heavy atom. The highest BCUT2D eigenvalue weighted by Crippen LogP contribution is 2.40. The fourth-order valence-corrected chi connectivity index (χ4v) is 6.01. The molecule has 1 N–H and O–H groups in total. The number of nitrogens with one attached hydrogen (secondary N) is 1. The van der Waals surface area contributed by atoms with Crippen molar-refractivity contribution in [2.45, 2.75) is 52.4 Å². The van der Waals surface area contributed by atoms with Gasteiger partial charge in [0.25, 0.3) is 0 Å². The second-order valence-electron chi connectivity index (χ2n) is 12.9. The van der Waals surface area contributed by atoms with Gasteiger partial charge >= 0.3 is 0 Å². The fourth-order valence-electron chi connectivity index (χ4n) is 5.56. The van der Waals surface area contributed by atoms with Crippen LogP contribution in [0, 0.1) is 0 Å². The molecule has 0 radical (unpaired) electrons. The van der Waals surface area contributed by atoms with Gasteiger partial charge in [-0.2, -0.15) is 0 Å². The highest BCUT2D eigenvalue weighted by Gasteiger charge is 2.22. The van der Waals surface area contributed by atoms with Crippen LogP contribution in [0.2, 0.25) is 0 Å². The molecule has 2 aromatic heterocycles. The number of fused-ring (bicyclic) bond motifs is 6. The maximum absolute atomic E-state index is 6.35. The largest absolute Gasteiger partial charge is 0.455 e. The Balaban J connectivity index is 0.000000157.